The maximum Gasteiger partial charge on any atom is 0.180 e. The molecule has 1 aliphatic carbocycles. The van der Waals surface area contributed by atoms with Crippen LogP contribution in [0.15, 0.2) is 21.8 Å². The average molecular weight is 315 g/mol. The molecule has 0 spiro atoms. The molecule has 0 radical (unpaired) electrons. The van der Waals surface area contributed by atoms with E-state index in [-0.39, 0.29) is 10.6 Å². The van der Waals surface area contributed by atoms with Crippen LogP contribution in [0.25, 0.3) is 0 Å². The van der Waals surface area contributed by atoms with E-state index in [1.807, 2.05) is 0 Å². The molecule has 0 saturated heterocycles. The van der Waals surface area contributed by atoms with E-state index in [1.54, 1.807) is 19.2 Å². The molecule has 0 bridgehead atoms. The molecule has 0 amide bonds. The van der Waals surface area contributed by atoms with Gasteiger partial charge >= 0.3 is 0 Å². The monoisotopic (exact) mass is 314 g/mol. The predicted molar refractivity (Wildman–Crippen MR) is 66.2 cm³/mol. The Morgan fingerprint density at radius 3 is 2.71 bits per heavy atom. The zero-order chi connectivity index (χ0) is 12.7. The van der Waals surface area contributed by atoms with Crippen LogP contribution < -0.4 is 0 Å². The molecule has 0 N–H and O–H groups in total. The number of rotatable bonds is 3. The summed E-state index contributed by atoms with van der Waals surface area (Å²) in [6.45, 7) is 1.59. The topological polar surface area (TPSA) is 70.8 Å². The second-order valence-electron chi connectivity index (χ2n) is 4.11. The van der Waals surface area contributed by atoms with Crippen LogP contribution in [0.3, 0.4) is 0 Å². The first-order valence-electron chi connectivity index (χ1n) is 5.25. The van der Waals surface area contributed by atoms with E-state index in [2.05, 4.69) is 27.0 Å². The van der Waals surface area contributed by atoms with E-state index in [0.717, 1.165) is 12.8 Å². The summed E-state index contributed by atoms with van der Waals surface area (Å²) in [6.07, 6.45) is 3.13. The molecule has 0 aliphatic heterocycles. The van der Waals surface area contributed by atoms with Gasteiger partial charge in [0.25, 0.3) is 0 Å². The number of hydrogen-bond donors (Lipinski definition) is 0. The third kappa shape index (κ3) is 2.09. The van der Waals surface area contributed by atoms with E-state index < -0.39 is 15.3 Å². The lowest BCUT2D eigenvalue weighted by molar-refractivity contribution is 0.596. The van der Waals surface area contributed by atoms with Crippen LogP contribution in [0.5, 0.6) is 0 Å². The van der Waals surface area contributed by atoms with Crippen LogP contribution >= 0.6 is 15.9 Å². The number of aromatic nitrogens is 1. The van der Waals surface area contributed by atoms with Gasteiger partial charge in [0.05, 0.1) is 22.1 Å². The fraction of sp³-hybridized carbons (Fsp3) is 0.455. The van der Waals surface area contributed by atoms with Gasteiger partial charge in [0, 0.05) is 6.20 Å². The van der Waals surface area contributed by atoms with E-state index in [9.17, 15) is 8.42 Å². The van der Waals surface area contributed by atoms with Crippen molar-refractivity contribution in [2.75, 3.05) is 5.75 Å². The smallest absolute Gasteiger partial charge is 0.180 e. The lowest BCUT2D eigenvalue weighted by atomic mass is 10.0. The Bertz CT molecular complexity index is 600. The van der Waals surface area contributed by atoms with E-state index in [1.165, 1.54) is 0 Å². The first-order chi connectivity index (χ1) is 7.95. The summed E-state index contributed by atoms with van der Waals surface area (Å²) in [5.74, 6) is 0.0241. The minimum atomic E-state index is -3.31. The SMILES string of the molecule is CCS(=O)(=O)c1cc(C2(C#N)CC2)cnc1Br. The van der Waals surface area contributed by atoms with Gasteiger partial charge in [-0.25, -0.2) is 13.4 Å². The van der Waals surface area contributed by atoms with Gasteiger partial charge in [0.2, 0.25) is 0 Å². The van der Waals surface area contributed by atoms with Crippen LogP contribution in [-0.4, -0.2) is 19.2 Å². The normalized spacial score (nSPS) is 17.5. The van der Waals surface area contributed by atoms with E-state index in [4.69, 9.17) is 5.26 Å². The summed E-state index contributed by atoms with van der Waals surface area (Å²) in [4.78, 5) is 4.21. The summed E-state index contributed by atoms with van der Waals surface area (Å²) in [5, 5.41) is 9.09. The molecule has 0 atom stereocenters. The number of halogens is 1. The van der Waals surface area contributed by atoms with Crippen LogP contribution in [0.4, 0.5) is 0 Å². The van der Waals surface area contributed by atoms with Gasteiger partial charge in [-0.15, -0.1) is 0 Å². The Morgan fingerprint density at radius 1 is 1.59 bits per heavy atom. The van der Waals surface area contributed by atoms with Crippen molar-refractivity contribution in [3.63, 3.8) is 0 Å². The Morgan fingerprint density at radius 2 is 2.24 bits per heavy atom. The molecule has 1 aromatic rings. The Balaban J connectivity index is 2.56. The number of nitrogens with zero attached hydrogens (tertiary/aromatic N) is 2. The fourth-order valence-corrected chi connectivity index (χ4v) is 3.54. The number of hydrogen-bond acceptors (Lipinski definition) is 4. The number of sulfone groups is 1. The Labute approximate surface area is 109 Å². The molecule has 0 unspecified atom stereocenters. The predicted octanol–water partition coefficient (Wildman–Crippen LogP) is 2.19. The maximum atomic E-state index is 11.9. The standard InChI is InChI=1S/C11H11BrN2O2S/c1-2-17(15,16)9-5-8(6-14-10(9)12)11(7-13)3-4-11/h5-6H,2-4H2,1H3. The highest BCUT2D eigenvalue weighted by Crippen LogP contribution is 2.48. The van der Waals surface area contributed by atoms with Crippen LogP contribution in [0.2, 0.25) is 0 Å². The van der Waals surface area contributed by atoms with E-state index in [0.29, 0.717) is 10.2 Å². The highest BCUT2D eigenvalue weighted by Gasteiger charge is 2.45. The van der Waals surface area contributed by atoms with Crippen molar-refractivity contribution in [1.29, 1.82) is 5.26 Å². The molecule has 4 nitrogen and oxygen atoms in total. The van der Waals surface area contributed by atoms with Crippen molar-refractivity contribution in [2.45, 2.75) is 30.1 Å². The molecule has 90 valence electrons. The number of pyridine rings is 1. The lowest BCUT2D eigenvalue weighted by Crippen LogP contribution is -2.10. The minimum absolute atomic E-state index is 0.0241. The molecule has 1 fully saturated rings. The summed E-state index contributed by atoms with van der Waals surface area (Å²) < 4.78 is 24.0. The molecular formula is C11H11BrN2O2S. The van der Waals surface area contributed by atoms with Crippen molar-refractivity contribution in [1.82, 2.24) is 4.98 Å². The van der Waals surface area contributed by atoms with E-state index >= 15 is 0 Å². The summed E-state index contributed by atoms with van der Waals surface area (Å²) in [5.41, 5.74) is 0.196. The number of nitriles is 1. The molecule has 1 heterocycles. The third-order valence-corrected chi connectivity index (χ3v) is 5.67. The van der Waals surface area contributed by atoms with Gasteiger partial charge in [0.1, 0.15) is 4.60 Å². The zero-order valence-electron chi connectivity index (χ0n) is 9.27. The Hall–Kier alpha value is -0.930. The quantitative estimate of drug-likeness (QED) is 0.802. The van der Waals surface area contributed by atoms with Gasteiger partial charge in [-0.05, 0) is 40.4 Å². The molecule has 17 heavy (non-hydrogen) atoms. The second-order valence-corrected chi connectivity index (χ2v) is 7.11. The summed E-state index contributed by atoms with van der Waals surface area (Å²) >= 11 is 3.14. The largest absolute Gasteiger partial charge is 0.248 e. The lowest BCUT2D eigenvalue weighted by Gasteiger charge is -2.09. The van der Waals surface area contributed by atoms with Crippen molar-refractivity contribution in [3.8, 4) is 6.07 Å². The van der Waals surface area contributed by atoms with Crippen molar-refractivity contribution in [2.24, 2.45) is 0 Å². The zero-order valence-corrected chi connectivity index (χ0v) is 11.7. The second kappa shape index (κ2) is 4.07. The maximum absolute atomic E-state index is 11.9. The van der Waals surface area contributed by atoms with Crippen molar-refractivity contribution < 1.29 is 8.42 Å². The van der Waals surface area contributed by atoms with Crippen LogP contribution in [0, 0.1) is 11.3 Å². The minimum Gasteiger partial charge on any atom is -0.248 e. The van der Waals surface area contributed by atoms with Gasteiger partial charge in [-0.3, -0.25) is 0 Å². The molecule has 1 saturated carbocycles. The third-order valence-electron chi connectivity index (χ3n) is 3.04. The van der Waals surface area contributed by atoms with Crippen LogP contribution in [0.1, 0.15) is 25.3 Å². The molecule has 6 heteroatoms. The van der Waals surface area contributed by atoms with Gasteiger partial charge in [-0.1, -0.05) is 6.92 Å². The van der Waals surface area contributed by atoms with Crippen molar-refractivity contribution in [3.05, 3.63) is 22.4 Å². The Kier molecular flexibility index (Phi) is 3.00. The summed E-state index contributed by atoms with van der Waals surface area (Å²) in [7, 11) is -3.31. The van der Waals surface area contributed by atoms with Crippen molar-refractivity contribution >= 4 is 25.8 Å². The highest BCUT2D eigenvalue weighted by molar-refractivity contribution is 9.10. The first kappa shape index (κ1) is 12.5. The molecule has 2 rings (SSSR count). The first-order valence-corrected chi connectivity index (χ1v) is 7.70. The van der Waals surface area contributed by atoms with Gasteiger partial charge < -0.3 is 0 Å². The fourth-order valence-electron chi connectivity index (χ4n) is 1.65. The average Bonchev–Trinajstić information content (AvgIpc) is 3.10. The molecular weight excluding hydrogens is 304 g/mol. The van der Waals surface area contributed by atoms with Crippen LogP contribution in [-0.2, 0) is 15.3 Å². The summed E-state index contributed by atoms with van der Waals surface area (Å²) in [6, 6.07) is 3.81. The van der Waals surface area contributed by atoms with Gasteiger partial charge in [0.15, 0.2) is 9.84 Å². The van der Waals surface area contributed by atoms with Gasteiger partial charge in [-0.2, -0.15) is 5.26 Å². The molecule has 0 aromatic carbocycles. The highest BCUT2D eigenvalue weighted by atomic mass is 79.9. The molecule has 1 aromatic heterocycles. The molecule has 1 aliphatic rings.